The van der Waals surface area contributed by atoms with E-state index < -0.39 is 7.12 Å². The molecule has 2 N–H and O–H groups in total. The summed E-state index contributed by atoms with van der Waals surface area (Å²) in [6, 6.07) is 5.71. The Balaban J connectivity index is 2.30. The summed E-state index contributed by atoms with van der Waals surface area (Å²) in [5.41, 5.74) is 1.66. The first-order chi connectivity index (χ1) is 7.72. The van der Waals surface area contributed by atoms with Crippen molar-refractivity contribution in [3.8, 4) is 5.75 Å². The third-order valence-electron chi connectivity index (χ3n) is 3.36. The quantitative estimate of drug-likeness (QED) is 0.748. The molecule has 0 bridgehead atoms. The first-order valence-electron chi connectivity index (χ1n) is 5.76. The van der Waals surface area contributed by atoms with E-state index in [-0.39, 0.29) is 0 Å². The monoisotopic (exact) mass is 220 g/mol. The highest BCUT2D eigenvalue weighted by atomic mass is 16.5. The summed E-state index contributed by atoms with van der Waals surface area (Å²) in [5.74, 6) is 1.11. The standard InChI is InChI=1S/C12H17BO3/c1-16-12-7-6-10(8-11(12)13(14)15)9-4-2-3-5-9/h6-9,14-15H,2-5H2,1H3. The van der Waals surface area contributed by atoms with Crippen LogP contribution in [0.2, 0.25) is 0 Å². The molecule has 1 fully saturated rings. The fraction of sp³-hybridized carbons (Fsp3) is 0.500. The van der Waals surface area contributed by atoms with Gasteiger partial charge in [-0.05, 0) is 30.4 Å². The summed E-state index contributed by atoms with van der Waals surface area (Å²) in [5, 5.41) is 18.6. The summed E-state index contributed by atoms with van der Waals surface area (Å²) < 4.78 is 5.10. The van der Waals surface area contributed by atoms with Crippen LogP contribution in [-0.2, 0) is 0 Å². The van der Waals surface area contributed by atoms with Gasteiger partial charge in [-0.3, -0.25) is 0 Å². The Morgan fingerprint density at radius 3 is 2.50 bits per heavy atom. The van der Waals surface area contributed by atoms with E-state index in [1.807, 2.05) is 18.2 Å². The third kappa shape index (κ3) is 2.23. The van der Waals surface area contributed by atoms with E-state index in [1.54, 1.807) is 0 Å². The predicted molar refractivity (Wildman–Crippen MR) is 64.0 cm³/mol. The topological polar surface area (TPSA) is 49.7 Å². The lowest BCUT2D eigenvalue weighted by molar-refractivity contribution is 0.403. The third-order valence-corrected chi connectivity index (χ3v) is 3.36. The highest BCUT2D eigenvalue weighted by Gasteiger charge is 2.22. The second-order valence-corrected chi connectivity index (χ2v) is 4.36. The molecule has 0 spiro atoms. The molecule has 4 heteroatoms. The Labute approximate surface area is 96.2 Å². The zero-order valence-electron chi connectivity index (χ0n) is 9.52. The molecule has 1 aromatic rings. The Morgan fingerprint density at radius 2 is 1.94 bits per heavy atom. The average Bonchev–Trinajstić information content (AvgIpc) is 2.81. The maximum atomic E-state index is 9.28. The largest absolute Gasteiger partial charge is 0.497 e. The summed E-state index contributed by atoms with van der Waals surface area (Å²) in [7, 11) is 0.0764. The number of methoxy groups -OCH3 is 1. The highest BCUT2D eigenvalue weighted by Crippen LogP contribution is 2.34. The van der Waals surface area contributed by atoms with Crippen molar-refractivity contribution in [2.75, 3.05) is 7.11 Å². The first-order valence-corrected chi connectivity index (χ1v) is 5.76. The molecule has 0 atom stereocenters. The van der Waals surface area contributed by atoms with E-state index in [0.29, 0.717) is 17.1 Å². The maximum Gasteiger partial charge on any atom is 0.492 e. The van der Waals surface area contributed by atoms with Crippen molar-refractivity contribution in [2.45, 2.75) is 31.6 Å². The van der Waals surface area contributed by atoms with Crippen LogP contribution in [0.15, 0.2) is 18.2 Å². The minimum absolute atomic E-state index is 0.465. The first kappa shape index (κ1) is 11.5. The lowest BCUT2D eigenvalue weighted by Gasteiger charge is -2.14. The van der Waals surface area contributed by atoms with Crippen molar-refractivity contribution < 1.29 is 14.8 Å². The van der Waals surface area contributed by atoms with Crippen LogP contribution in [0.5, 0.6) is 5.75 Å². The summed E-state index contributed by atoms with van der Waals surface area (Å²) in [6.45, 7) is 0. The zero-order chi connectivity index (χ0) is 11.5. The van der Waals surface area contributed by atoms with Gasteiger partial charge in [-0.1, -0.05) is 25.0 Å². The van der Waals surface area contributed by atoms with E-state index in [2.05, 4.69) is 0 Å². The van der Waals surface area contributed by atoms with E-state index >= 15 is 0 Å². The molecule has 1 aliphatic carbocycles. The van der Waals surface area contributed by atoms with Gasteiger partial charge in [0.15, 0.2) is 0 Å². The molecule has 1 aromatic carbocycles. The van der Waals surface area contributed by atoms with Crippen LogP contribution in [0.4, 0.5) is 0 Å². The molecular formula is C12H17BO3. The van der Waals surface area contributed by atoms with Crippen LogP contribution < -0.4 is 10.2 Å². The molecule has 0 aliphatic heterocycles. The van der Waals surface area contributed by atoms with Gasteiger partial charge in [-0.25, -0.2) is 0 Å². The van der Waals surface area contributed by atoms with Gasteiger partial charge in [-0.2, -0.15) is 0 Å². The van der Waals surface area contributed by atoms with Crippen LogP contribution in [0, 0.1) is 0 Å². The van der Waals surface area contributed by atoms with Gasteiger partial charge in [-0.15, -0.1) is 0 Å². The molecule has 0 heterocycles. The number of benzene rings is 1. The van der Waals surface area contributed by atoms with Crippen molar-refractivity contribution in [2.24, 2.45) is 0 Å². The van der Waals surface area contributed by atoms with Crippen molar-refractivity contribution in [1.82, 2.24) is 0 Å². The lowest BCUT2D eigenvalue weighted by atomic mass is 9.77. The molecule has 0 unspecified atom stereocenters. The van der Waals surface area contributed by atoms with E-state index in [4.69, 9.17) is 4.74 Å². The lowest BCUT2D eigenvalue weighted by Crippen LogP contribution is -2.31. The summed E-state index contributed by atoms with van der Waals surface area (Å²) >= 11 is 0. The van der Waals surface area contributed by atoms with Gasteiger partial charge in [0.05, 0.1) is 7.11 Å². The van der Waals surface area contributed by atoms with Crippen LogP contribution >= 0.6 is 0 Å². The number of ether oxygens (including phenoxy) is 1. The molecule has 0 radical (unpaired) electrons. The molecule has 0 amide bonds. The Bertz CT molecular complexity index is 359. The van der Waals surface area contributed by atoms with Crippen molar-refractivity contribution in [3.05, 3.63) is 23.8 Å². The minimum atomic E-state index is -1.46. The molecule has 3 nitrogen and oxygen atoms in total. The van der Waals surface area contributed by atoms with Crippen LogP contribution in [0.3, 0.4) is 0 Å². The summed E-state index contributed by atoms with van der Waals surface area (Å²) in [6.07, 6.45) is 4.95. The van der Waals surface area contributed by atoms with Crippen LogP contribution in [0.25, 0.3) is 0 Å². The number of hydrogen-bond donors (Lipinski definition) is 2. The van der Waals surface area contributed by atoms with Gasteiger partial charge in [0, 0.05) is 5.46 Å². The molecule has 16 heavy (non-hydrogen) atoms. The maximum absolute atomic E-state index is 9.28. The van der Waals surface area contributed by atoms with Crippen molar-refractivity contribution >= 4 is 12.6 Å². The van der Waals surface area contributed by atoms with E-state index in [9.17, 15) is 10.0 Å². The molecule has 1 saturated carbocycles. The normalized spacial score (nSPS) is 16.4. The second kappa shape index (κ2) is 4.89. The van der Waals surface area contributed by atoms with Gasteiger partial charge in [0.1, 0.15) is 5.75 Å². The van der Waals surface area contributed by atoms with Gasteiger partial charge >= 0.3 is 7.12 Å². The Hall–Kier alpha value is -0.995. The van der Waals surface area contributed by atoms with Gasteiger partial charge < -0.3 is 14.8 Å². The second-order valence-electron chi connectivity index (χ2n) is 4.36. The predicted octanol–water partition coefficient (Wildman–Crippen LogP) is 1.03. The Morgan fingerprint density at radius 1 is 1.25 bits per heavy atom. The van der Waals surface area contributed by atoms with Gasteiger partial charge in [0.2, 0.25) is 0 Å². The van der Waals surface area contributed by atoms with Crippen LogP contribution in [0.1, 0.15) is 37.2 Å². The van der Waals surface area contributed by atoms with Gasteiger partial charge in [0.25, 0.3) is 0 Å². The number of hydrogen-bond acceptors (Lipinski definition) is 3. The number of rotatable bonds is 3. The zero-order valence-corrected chi connectivity index (χ0v) is 9.52. The van der Waals surface area contributed by atoms with E-state index in [0.717, 1.165) is 0 Å². The van der Waals surface area contributed by atoms with Crippen molar-refractivity contribution in [1.29, 1.82) is 0 Å². The molecule has 2 rings (SSSR count). The fourth-order valence-corrected chi connectivity index (χ4v) is 2.47. The summed E-state index contributed by atoms with van der Waals surface area (Å²) in [4.78, 5) is 0. The van der Waals surface area contributed by atoms with Crippen molar-refractivity contribution in [3.63, 3.8) is 0 Å². The smallest absolute Gasteiger partial charge is 0.492 e. The highest BCUT2D eigenvalue weighted by molar-refractivity contribution is 6.59. The SMILES string of the molecule is COc1ccc(C2CCCC2)cc1B(O)O. The average molecular weight is 220 g/mol. The Kier molecular flexibility index (Phi) is 3.51. The molecular weight excluding hydrogens is 203 g/mol. The molecule has 0 aromatic heterocycles. The minimum Gasteiger partial charge on any atom is -0.497 e. The molecule has 0 saturated heterocycles. The fourth-order valence-electron chi connectivity index (χ4n) is 2.47. The van der Waals surface area contributed by atoms with Crippen LogP contribution in [-0.4, -0.2) is 24.3 Å². The van der Waals surface area contributed by atoms with E-state index in [1.165, 1.54) is 38.4 Å². The molecule has 1 aliphatic rings. The molecule has 86 valence electrons.